The van der Waals surface area contributed by atoms with Gasteiger partial charge in [-0.25, -0.2) is 9.97 Å². The number of aromatic hydroxyl groups is 1. The summed E-state index contributed by atoms with van der Waals surface area (Å²) in [6, 6.07) is 4.24. The minimum absolute atomic E-state index is 0.0985. The van der Waals surface area contributed by atoms with Crippen molar-refractivity contribution < 1.29 is 9.90 Å². The quantitative estimate of drug-likeness (QED) is 0.855. The van der Waals surface area contributed by atoms with Crippen molar-refractivity contribution in [3.8, 4) is 5.75 Å². The average molecular weight is 250 g/mol. The molecular weight excluding hydrogens is 242 g/mol. The third-order valence-corrected chi connectivity index (χ3v) is 2.26. The maximum atomic E-state index is 11.8. The molecule has 0 aliphatic carbocycles. The summed E-state index contributed by atoms with van der Waals surface area (Å²) in [6.45, 7) is 0. The number of nitrogens with one attached hydrogen (secondary N) is 1. The summed E-state index contributed by atoms with van der Waals surface area (Å²) < 4.78 is 0. The number of rotatable bonds is 2. The van der Waals surface area contributed by atoms with Crippen molar-refractivity contribution in [3.63, 3.8) is 0 Å². The number of benzene rings is 1. The van der Waals surface area contributed by atoms with Crippen LogP contribution in [0.2, 0.25) is 5.02 Å². The van der Waals surface area contributed by atoms with Gasteiger partial charge in [-0.3, -0.25) is 4.79 Å². The molecule has 17 heavy (non-hydrogen) atoms. The van der Waals surface area contributed by atoms with E-state index < -0.39 is 5.91 Å². The zero-order valence-electron chi connectivity index (χ0n) is 8.59. The van der Waals surface area contributed by atoms with Crippen molar-refractivity contribution in [1.29, 1.82) is 0 Å². The lowest BCUT2D eigenvalue weighted by atomic mass is 10.2. The minimum Gasteiger partial charge on any atom is -0.507 e. The maximum Gasteiger partial charge on any atom is 0.259 e. The first-order valence-electron chi connectivity index (χ1n) is 4.71. The molecule has 1 amide bonds. The summed E-state index contributed by atoms with van der Waals surface area (Å²) in [7, 11) is 0. The lowest BCUT2D eigenvalue weighted by Crippen LogP contribution is -2.12. The molecule has 0 saturated heterocycles. The molecule has 2 rings (SSSR count). The maximum absolute atomic E-state index is 11.8. The van der Waals surface area contributed by atoms with Crippen molar-refractivity contribution in [2.45, 2.75) is 0 Å². The predicted molar refractivity (Wildman–Crippen MR) is 63.1 cm³/mol. The Morgan fingerprint density at radius 2 is 2.00 bits per heavy atom. The molecular formula is C11H8ClN3O2. The molecule has 0 aliphatic heterocycles. The molecule has 1 heterocycles. The molecule has 0 saturated carbocycles. The minimum atomic E-state index is -0.472. The highest BCUT2D eigenvalue weighted by molar-refractivity contribution is 6.31. The zero-order valence-corrected chi connectivity index (χ0v) is 9.35. The van der Waals surface area contributed by atoms with Crippen LogP contribution < -0.4 is 5.32 Å². The first-order chi connectivity index (χ1) is 8.16. The number of aromatic nitrogens is 2. The number of phenols is 1. The largest absolute Gasteiger partial charge is 0.507 e. The summed E-state index contributed by atoms with van der Waals surface area (Å²) in [4.78, 5) is 19.3. The highest BCUT2D eigenvalue weighted by Crippen LogP contribution is 2.22. The fraction of sp³-hybridized carbons (Fsp3) is 0. The molecule has 5 nitrogen and oxygen atoms in total. The average Bonchev–Trinajstić information content (AvgIpc) is 2.33. The Morgan fingerprint density at radius 1 is 1.29 bits per heavy atom. The normalized spacial score (nSPS) is 9.94. The molecule has 1 aromatic heterocycles. The highest BCUT2D eigenvalue weighted by Gasteiger charge is 2.11. The van der Waals surface area contributed by atoms with Gasteiger partial charge in [0, 0.05) is 5.02 Å². The van der Waals surface area contributed by atoms with Crippen molar-refractivity contribution in [1.82, 2.24) is 9.97 Å². The van der Waals surface area contributed by atoms with E-state index in [1.165, 1.54) is 36.9 Å². The molecule has 1 aromatic carbocycles. The van der Waals surface area contributed by atoms with Gasteiger partial charge < -0.3 is 10.4 Å². The fourth-order valence-electron chi connectivity index (χ4n) is 1.25. The van der Waals surface area contributed by atoms with Crippen LogP contribution in [0.1, 0.15) is 10.4 Å². The lowest BCUT2D eigenvalue weighted by Gasteiger charge is -2.06. The second-order valence-corrected chi connectivity index (χ2v) is 3.68. The van der Waals surface area contributed by atoms with Gasteiger partial charge in [0.1, 0.15) is 12.1 Å². The van der Waals surface area contributed by atoms with E-state index in [1.54, 1.807) is 0 Å². The van der Waals surface area contributed by atoms with Crippen LogP contribution >= 0.6 is 11.6 Å². The Balaban J connectivity index is 2.23. The summed E-state index contributed by atoms with van der Waals surface area (Å²) in [5.74, 6) is -0.608. The number of amides is 1. The van der Waals surface area contributed by atoms with Gasteiger partial charge >= 0.3 is 0 Å². The second kappa shape index (κ2) is 4.80. The number of anilines is 1. The highest BCUT2D eigenvalue weighted by atomic mass is 35.5. The van der Waals surface area contributed by atoms with Crippen molar-refractivity contribution in [2.75, 3.05) is 5.32 Å². The van der Waals surface area contributed by atoms with Gasteiger partial charge in [0.25, 0.3) is 5.91 Å². The summed E-state index contributed by atoms with van der Waals surface area (Å²) in [6.07, 6.45) is 4.26. The number of carbonyl (C=O) groups excluding carboxylic acids is 1. The molecule has 0 aliphatic rings. The number of nitrogens with zero attached hydrogens (tertiary/aromatic N) is 2. The summed E-state index contributed by atoms with van der Waals surface area (Å²) >= 11 is 5.75. The van der Waals surface area contributed by atoms with E-state index in [2.05, 4.69) is 15.3 Å². The second-order valence-electron chi connectivity index (χ2n) is 3.24. The Labute approximate surface area is 102 Å². The molecule has 0 atom stereocenters. The van der Waals surface area contributed by atoms with Crippen LogP contribution in [-0.2, 0) is 0 Å². The first-order valence-corrected chi connectivity index (χ1v) is 5.09. The molecule has 0 radical (unpaired) electrons. The number of hydrogen-bond acceptors (Lipinski definition) is 4. The van der Waals surface area contributed by atoms with Gasteiger partial charge in [-0.2, -0.15) is 0 Å². The molecule has 0 unspecified atom stereocenters. The van der Waals surface area contributed by atoms with Crippen molar-refractivity contribution in [3.05, 3.63) is 47.5 Å². The topological polar surface area (TPSA) is 75.1 Å². The first kappa shape index (κ1) is 11.3. The predicted octanol–water partition coefficient (Wildman–Crippen LogP) is 2.09. The molecule has 0 spiro atoms. The van der Waals surface area contributed by atoms with Gasteiger partial charge in [0.15, 0.2) is 0 Å². The van der Waals surface area contributed by atoms with E-state index in [0.29, 0.717) is 10.7 Å². The van der Waals surface area contributed by atoms with Gasteiger partial charge in [0.2, 0.25) is 0 Å². The van der Waals surface area contributed by atoms with Gasteiger partial charge in [-0.15, -0.1) is 0 Å². The summed E-state index contributed by atoms with van der Waals surface area (Å²) in [5, 5.41) is 12.4. The van der Waals surface area contributed by atoms with E-state index in [4.69, 9.17) is 11.6 Å². The van der Waals surface area contributed by atoms with Gasteiger partial charge in [0.05, 0.1) is 23.6 Å². The van der Waals surface area contributed by atoms with Crippen LogP contribution in [0.5, 0.6) is 5.75 Å². The molecule has 0 fully saturated rings. The van der Waals surface area contributed by atoms with Crippen LogP contribution in [0.3, 0.4) is 0 Å². The number of hydrogen-bond donors (Lipinski definition) is 2. The Morgan fingerprint density at radius 3 is 2.71 bits per heavy atom. The Kier molecular flexibility index (Phi) is 3.20. The molecule has 2 N–H and O–H groups in total. The van der Waals surface area contributed by atoms with E-state index in [0.717, 1.165) is 0 Å². The molecule has 2 aromatic rings. The smallest absolute Gasteiger partial charge is 0.259 e. The van der Waals surface area contributed by atoms with E-state index >= 15 is 0 Å². The van der Waals surface area contributed by atoms with Crippen LogP contribution in [0.4, 0.5) is 5.69 Å². The van der Waals surface area contributed by atoms with Gasteiger partial charge in [-0.1, -0.05) is 11.6 Å². The van der Waals surface area contributed by atoms with Crippen molar-refractivity contribution >= 4 is 23.2 Å². The number of halogens is 1. The Bertz CT molecular complexity index is 546. The zero-order chi connectivity index (χ0) is 12.3. The van der Waals surface area contributed by atoms with Crippen LogP contribution in [-0.4, -0.2) is 21.0 Å². The van der Waals surface area contributed by atoms with Crippen molar-refractivity contribution in [2.24, 2.45) is 0 Å². The standard InChI is InChI=1S/C11H8ClN3O2/c12-7-1-2-10(16)9(3-7)11(17)15-8-4-13-6-14-5-8/h1-6,16H,(H,15,17). The fourth-order valence-corrected chi connectivity index (χ4v) is 1.42. The lowest BCUT2D eigenvalue weighted by molar-refractivity contribution is 0.102. The Hall–Kier alpha value is -2.14. The van der Waals surface area contributed by atoms with E-state index in [-0.39, 0.29) is 11.3 Å². The monoisotopic (exact) mass is 249 g/mol. The number of phenolic OH excluding ortho intramolecular Hbond substituents is 1. The molecule has 6 heteroatoms. The third kappa shape index (κ3) is 2.70. The van der Waals surface area contributed by atoms with Crippen LogP contribution in [0.15, 0.2) is 36.9 Å². The van der Waals surface area contributed by atoms with E-state index in [9.17, 15) is 9.90 Å². The number of carbonyl (C=O) groups is 1. The van der Waals surface area contributed by atoms with Gasteiger partial charge in [-0.05, 0) is 18.2 Å². The molecule has 0 bridgehead atoms. The van der Waals surface area contributed by atoms with Crippen LogP contribution in [0, 0.1) is 0 Å². The summed E-state index contributed by atoms with van der Waals surface area (Å²) in [5.41, 5.74) is 0.540. The SMILES string of the molecule is O=C(Nc1cncnc1)c1cc(Cl)ccc1O. The third-order valence-electron chi connectivity index (χ3n) is 2.02. The van der Waals surface area contributed by atoms with E-state index in [1.807, 2.05) is 0 Å². The van der Waals surface area contributed by atoms with Crippen LogP contribution in [0.25, 0.3) is 0 Å². The molecule has 86 valence electrons.